The number of methoxy groups -OCH3 is 1. The van der Waals surface area contributed by atoms with Crippen molar-refractivity contribution in [2.75, 3.05) is 7.11 Å². The fourth-order valence-electron chi connectivity index (χ4n) is 5.28. The number of phenols is 1. The van der Waals surface area contributed by atoms with E-state index in [4.69, 9.17) is 23.4 Å². The highest BCUT2D eigenvalue weighted by Gasteiger charge is 2.66. The molecule has 0 amide bonds. The first-order valence-electron chi connectivity index (χ1n) is 13.1. The Morgan fingerprint density at radius 3 is 2.19 bits per heavy atom. The zero-order valence-corrected chi connectivity index (χ0v) is 22.7. The number of fused-ring (bicyclic) bond motifs is 1. The van der Waals surface area contributed by atoms with E-state index in [9.17, 15) is 50.4 Å². The van der Waals surface area contributed by atoms with Crippen LogP contribution in [0.3, 0.4) is 0 Å². The van der Waals surface area contributed by atoms with Crippen LogP contribution in [-0.4, -0.2) is 115 Å². The molecule has 0 spiro atoms. The number of benzene rings is 2. The number of aliphatic hydroxyl groups is 6. The molecular weight excluding hydrogens is 576 g/mol. The van der Waals surface area contributed by atoms with Gasteiger partial charge in [-0.2, -0.15) is 0 Å². The van der Waals surface area contributed by atoms with E-state index in [1.807, 2.05) is 0 Å². The quantitative estimate of drug-likeness (QED) is 0.162. The Labute approximate surface area is 242 Å². The van der Waals surface area contributed by atoms with Gasteiger partial charge in [-0.1, -0.05) is 0 Å². The number of carboxylic acids is 1. The number of carboxylic acid groups (broad SMARTS) is 1. The molecule has 232 valence electrons. The lowest BCUT2D eigenvalue weighted by atomic mass is 9.83. The van der Waals surface area contributed by atoms with Gasteiger partial charge in [-0.25, -0.2) is 4.79 Å². The highest BCUT2D eigenvalue weighted by molar-refractivity contribution is 5.86. The van der Waals surface area contributed by atoms with Gasteiger partial charge in [0.1, 0.15) is 64.5 Å². The van der Waals surface area contributed by atoms with Gasteiger partial charge >= 0.3 is 5.97 Å². The van der Waals surface area contributed by atoms with E-state index in [-0.39, 0.29) is 16.7 Å². The fraction of sp³-hybridized carbons (Fsp3) is 0.429. The molecule has 15 heteroatoms. The summed E-state index contributed by atoms with van der Waals surface area (Å²) in [6.07, 6.45) is -17.9. The number of phenolic OH excluding ortho intramolecular Hbond substituents is 1. The number of aliphatic hydroxyl groups excluding tert-OH is 6. The van der Waals surface area contributed by atoms with Crippen molar-refractivity contribution in [2.45, 2.75) is 67.6 Å². The van der Waals surface area contributed by atoms with Gasteiger partial charge in [0.2, 0.25) is 0 Å². The van der Waals surface area contributed by atoms with Crippen molar-refractivity contribution in [1.29, 1.82) is 0 Å². The van der Waals surface area contributed by atoms with Crippen LogP contribution in [0.1, 0.15) is 6.92 Å². The third-order valence-corrected chi connectivity index (χ3v) is 7.63. The third kappa shape index (κ3) is 5.19. The lowest BCUT2D eigenvalue weighted by Crippen LogP contribution is -2.77. The molecule has 0 saturated carbocycles. The van der Waals surface area contributed by atoms with Gasteiger partial charge in [0.05, 0.1) is 13.2 Å². The minimum absolute atomic E-state index is 0.0850. The Bertz CT molecular complexity index is 1550. The summed E-state index contributed by atoms with van der Waals surface area (Å²) in [6, 6.07) is 9.64. The first kappa shape index (κ1) is 30.7. The molecular formula is C28H30O15. The summed E-state index contributed by atoms with van der Waals surface area (Å²) in [5.41, 5.74) is -0.394. The highest BCUT2D eigenvalue weighted by atomic mass is 16.8. The molecule has 0 aliphatic carbocycles. The molecule has 3 aromatic rings. The van der Waals surface area contributed by atoms with Crippen molar-refractivity contribution in [3.05, 3.63) is 52.7 Å². The van der Waals surface area contributed by atoms with Crippen LogP contribution in [0.2, 0.25) is 0 Å². The molecule has 1 aromatic heterocycles. The van der Waals surface area contributed by atoms with Gasteiger partial charge < -0.3 is 64.2 Å². The molecule has 2 aliphatic heterocycles. The number of aliphatic carboxylic acids is 1. The molecule has 2 fully saturated rings. The van der Waals surface area contributed by atoms with Crippen LogP contribution < -0.4 is 14.9 Å². The van der Waals surface area contributed by atoms with E-state index in [1.54, 1.807) is 24.3 Å². The highest BCUT2D eigenvalue weighted by Crippen LogP contribution is 2.42. The standard InChI is InChI=1S/C28H30O15/c1-10-19(31)20(32)23(35)26(40-10)28(25(36)22(34)21(33)24(43-28)27(37)38)42-13-7-14(29)18-15(30)9-16(41-17(18)8-13)11-3-5-12(39-2)6-4-11/h3-10,19-26,29,31-36H,1-2H3,(H,37,38). The number of aromatic hydroxyl groups is 1. The number of hydrogen-bond donors (Lipinski definition) is 8. The van der Waals surface area contributed by atoms with Gasteiger partial charge in [0, 0.05) is 23.8 Å². The molecule has 0 radical (unpaired) electrons. The largest absolute Gasteiger partial charge is 0.507 e. The van der Waals surface area contributed by atoms with Crippen molar-refractivity contribution in [3.8, 4) is 28.6 Å². The van der Waals surface area contributed by atoms with Gasteiger partial charge in [0.25, 0.3) is 5.79 Å². The van der Waals surface area contributed by atoms with E-state index >= 15 is 0 Å². The lowest BCUT2D eigenvalue weighted by molar-refractivity contribution is -0.388. The van der Waals surface area contributed by atoms with Crippen molar-refractivity contribution in [2.24, 2.45) is 0 Å². The Morgan fingerprint density at radius 1 is 0.884 bits per heavy atom. The summed E-state index contributed by atoms with van der Waals surface area (Å²) in [7, 11) is 1.48. The fourth-order valence-corrected chi connectivity index (χ4v) is 5.28. The van der Waals surface area contributed by atoms with Crippen LogP contribution in [0.25, 0.3) is 22.3 Å². The summed E-state index contributed by atoms with van der Waals surface area (Å²) in [4.78, 5) is 24.9. The van der Waals surface area contributed by atoms with Crippen LogP contribution >= 0.6 is 0 Å². The number of ether oxygens (including phenoxy) is 4. The van der Waals surface area contributed by atoms with E-state index in [1.165, 1.54) is 14.0 Å². The van der Waals surface area contributed by atoms with Crippen molar-refractivity contribution in [3.63, 3.8) is 0 Å². The lowest BCUT2D eigenvalue weighted by Gasteiger charge is -2.53. The molecule has 43 heavy (non-hydrogen) atoms. The maximum atomic E-state index is 12.9. The second kappa shape index (κ2) is 11.4. The van der Waals surface area contributed by atoms with Crippen LogP contribution in [0.15, 0.2) is 51.7 Å². The number of hydrogen-bond acceptors (Lipinski definition) is 14. The monoisotopic (exact) mass is 606 g/mol. The molecule has 0 bridgehead atoms. The molecule has 2 aliphatic rings. The van der Waals surface area contributed by atoms with Gasteiger partial charge in [-0.15, -0.1) is 0 Å². The summed E-state index contributed by atoms with van der Waals surface area (Å²) in [6.45, 7) is 1.30. The first-order valence-corrected chi connectivity index (χ1v) is 13.1. The molecule has 10 atom stereocenters. The van der Waals surface area contributed by atoms with Crippen LogP contribution in [-0.2, 0) is 14.3 Å². The smallest absolute Gasteiger partial charge is 0.335 e. The van der Waals surface area contributed by atoms with E-state index in [0.717, 1.165) is 18.2 Å². The zero-order chi connectivity index (χ0) is 31.4. The second-order valence-corrected chi connectivity index (χ2v) is 10.4. The Morgan fingerprint density at radius 2 is 1.56 bits per heavy atom. The molecule has 2 saturated heterocycles. The van der Waals surface area contributed by atoms with E-state index < -0.39 is 83.6 Å². The normalized spacial score (nSPS) is 34.6. The van der Waals surface area contributed by atoms with Crippen LogP contribution in [0.4, 0.5) is 0 Å². The average Bonchev–Trinajstić information content (AvgIpc) is 2.97. The summed E-state index contributed by atoms with van der Waals surface area (Å²) >= 11 is 0. The summed E-state index contributed by atoms with van der Waals surface area (Å²) in [5, 5.41) is 83.8. The second-order valence-electron chi connectivity index (χ2n) is 10.4. The molecule has 3 heterocycles. The Kier molecular flexibility index (Phi) is 8.10. The minimum atomic E-state index is -2.88. The van der Waals surface area contributed by atoms with Crippen LogP contribution in [0.5, 0.6) is 17.2 Å². The topological polar surface area (TPSA) is 246 Å². The number of carbonyl (C=O) groups is 1. The van der Waals surface area contributed by atoms with Crippen molar-refractivity contribution in [1.82, 2.24) is 0 Å². The number of rotatable bonds is 6. The molecule has 8 N–H and O–H groups in total. The maximum absolute atomic E-state index is 12.9. The Hall–Kier alpha value is -3.80. The molecule has 10 unspecified atom stereocenters. The molecule has 2 aromatic carbocycles. The predicted octanol–water partition coefficient (Wildman–Crippen LogP) is -1.31. The van der Waals surface area contributed by atoms with Gasteiger partial charge in [-0.05, 0) is 31.2 Å². The minimum Gasteiger partial charge on any atom is -0.507 e. The Balaban J connectivity index is 1.65. The summed E-state index contributed by atoms with van der Waals surface area (Å²) in [5.74, 6) is -5.14. The maximum Gasteiger partial charge on any atom is 0.335 e. The molecule has 15 nitrogen and oxygen atoms in total. The van der Waals surface area contributed by atoms with Crippen molar-refractivity contribution >= 4 is 16.9 Å². The van der Waals surface area contributed by atoms with E-state index in [2.05, 4.69) is 0 Å². The van der Waals surface area contributed by atoms with Gasteiger partial charge in [-0.3, -0.25) is 4.79 Å². The summed E-state index contributed by atoms with van der Waals surface area (Å²) < 4.78 is 28.0. The van der Waals surface area contributed by atoms with Crippen LogP contribution in [0, 0.1) is 0 Å². The van der Waals surface area contributed by atoms with Crippen molar-refractivity contribution < 1.29 is 69.0 Å². The third-order valence-electron chi connectivity index (χ3n) is 7.63. The van der Waals surface area contributed by atoms with E-state index in [0.29, 0.717) is 11.3 Å². The zero-order valence-electron chi connectivity index (χ0n) is 22.7. The first-order chi connectivity index (χ1) is 20.3. The predicted molar refractivity (Wildman–Crippen MR) is 142 cm³/mol. The SMILES string of the molecule is COc1ccc(-c2cc(=O)c3c(O)cc(OC4(C5OC(C)C(O)C(O)C5O)OC(C(=O)O)C(O)C(O)C4O)cc3o2)cc1. The average molecular weight is 607 g/mol. The van der Waals surface area contributed by atoms with Gasteiger partial charge in [0.15, 0.2) is 23.7 Å². The molecule has 5 rings (SSSR count).